The van der Waals surface area contributed by atoms with Crippen LogP contribution >= 0.6 is 0 Å². The maximum atomic E-state index is 5.74. The number of hydrogen-bond donors (Lipinski definition) is 0. The zero-order valence-corrected chi connectivity index (χ0v) is 9.95. The topological polar surface area (TPSA) is 9.23 Å². The lowest BCUT2D eigenvalue weighted by Crippen LogP contribution is -2.20. The van der Waals surface area contributed by atoms with Gasteiger partial charge in [-0.05, 0) is 25.3 Å². The van der Waals surface area contributed by atoms with E-state index in [2.05, 4.69) is 18.7 Å². The third-order valence-corrected chi connectivity index (χ3v) is 4.88. The lowest BCUT2D eigenvalue weighted by molar-refractivity contribution is 0.294. The Balaban J connectivity index is 2.01. The summed E-state index contributed by atoms with van der Waals surface area (Å²) in [5, 5.41) is 0. The largest absolute Gasteiger partial charge is 0.416 e. The normalized spacial score (nSPS) is 23.9. The molecule has 1 nitrogen and oxygen atoms in total. The molecule has 1 rings (SSSR count). The highest BCUT2D eigenvalue weighted by Gasteiger charge is 2.11. The van der Waals surface area contributed by atoms with Crippen LogP contribution in [0.3, 0.4) is 0 Å². The van der Waals surface area contributed by atoms with Crippen molar-refractivity contribution in [3.05, 3.63) is 11.8 Å². The molecule has 1 unspecified atom stereocenters. The summed E-state index contributed by atoms with van der Waals surface area (Å²) in [6.45, 7) is 3.28. The van der Waals surface area contributed by atoms with Crippen LogP contribution in [-0.2, 0) is 4.43 Å². The van der Waals surface area contributed by atoms with Gasteiger partial charge in [0.25, 0.3) is 0 Å². The van der Waals surface area contributed by atoms with Crippen LogP contribution < -0.4 is 0 Å². The fraction of sp³-hybridized carbons (Fsp3) is 0.818. The highest BCUT2D eigenvalue weighted by Crippen LogP contribution is 2.12. The molecule has 0 spiro atoms. The lowest BCUT2D eigenvalue weighted by atomic mass is 10.2. The molecule has 1 heterocycles. The molecular weight excluding hydrogens is 176 g/mol. The monoisotopic (exact) mass is 198 g/mol. The Labute approximate surface area is 83.9 Å². The summed E-state index contributed by atoms with van der Waals surface area (Å²) in [5.41, 5.74) is 2.40. The first-order valence-electron chi connectivity index (χ1n) is 5.71. The standard InChI is InChI=1S/C11H22OSi/c1-2-3-4-5-7-10-13-11-8-6-9-12-13/h7,10,13H,2-6,8-9,11H2,1H3. The zero-order chi connectivity index (χ0) is 9.36. The second-order valence-corrected chi connectivity index (χ2v) is 6.20. The van der Waals surface area contributed by atoms with Crippen LogP contribution in [0.1, 0.15) is 45.4 Å². The molecular formula is C11H22OSi. The van der Waals surface area contributed by atoms with Crippen LogP contribution in [0.4, 0.5) is 0 Å². The van der Waals surface area contributed by atoms with Crippen molar-refractivity contribution >= 4 is 9.04 Å². The molecule has 0 radical (unpaired) electrons. The predicted molar refractivity (Wildman–Crippen MR) is 60.4 cm³/mol. The Kier molecular flexibility index (Phi) is 6.20. The third kappa shape index (κ3) is 5.27. The van der Waals surface area contributed by atoms with Gasteiger partial charge in [0.1, 0.15) is 0 Å². The van der Waals surface area contributed by atoms with Crippen molar-refractivity contribution in [3.63, 3.8) is 0 Å². The van der Waals surface area contributed by atoms with Crippen molar-refractivity contribution in [2.75, 3.05) is 6.61 Å². The fourth-order valence-corrected chi connectivity index (χ4v) is 3.80. The average Bonchev–Trinajstić information content (AvgIpc) is 2.19. The van der Waals surface area contributed by atoms with Crippen molar-refractivity contribution in [2.45, 2.75) is 51.5 Å². The molecule has 1 aliphatic rings. The highest BCUT2D eigenvalue weighted by molar-refractivity contribution is 6.57. The molecule has 1 atom stereocenters. The first-order valence-corrected chi connectivity index (χ1v) is 7.67. The molecule has 0 aliphatic carbocycles. The molecule has 0 N–H and O–H groups in total. The van der Waals surface area contributed by atoms with E-state index in [-0.39, 0.29) is 0 Å². The Morgan fingerprint density at radius 1 is 1.31 bits per heavy atom. The summed E-state index contributed by atoms with van der Waals surface area (Å²) in [4.78, 5) is 0. The summed E-state index contributed by atoms with van der Waals surface area (Å²) in [7, 11) is -0.858. The predicted octanol–water partition coefficient (Wildman–Crippen LogP) is 3.20. The second-order valence-electron chi connectivity index (χ2n) is 3.83. The zero-order valence-electron chi connectivity index (χ0n) is 8.80. The van der Waals surface area contributed by atoms with Crippen LogP contribution in [0.5, 0.6) is 0 Å². The lowest BCUT2D eigenvalue weighted by Gasteiger charge is -2.17. The van der Waals surface area contributed by atoms with Gasteiger partial charge >= 0.3 is 0 Å². The van der Waals surface area contributed by atoms with Crippen LogP contribution in [0.15, 0.2) is 11.8 Å². The quantitative estimate of drug-likeness (QED) is 0.487. The molecule has 0 saturated carbocycles. The maximum Gasteiger partial charge on any atom is 0.200 e. The minimum atomic E-state index is -0.858. The first kappa shape index (κ1) is 11.0. The van der Waals surface area contributed by atoms with Crippen molar-refractivity contribution < 1.29 is 4.43 Å². The molecule has 1 fully saturated rings. The molecule has 1 aliphatic heterocycles. The van der Waals surface area contributed by atoms with Crippen molar-refractivity contribution in [1.82, 2.24) is 0 Å². The van der Waals surface area contributed by atoms with Gasteiger partial charge in [-0.3, -0.25) is 0 Å². The second kappa shape index (κ2) is 7.33. The number of rotatable bonds is 5. The van der Waals surface area contributed by atoms with Gasteiger partial charge in [0.15, 0.2) is 0 Å². The van der Waals surface area contributed by atoms with Crippen LogP contribution in [-0.4, -0.2) is 15.6 Å². The van der Waals surface area contributed by atoms with E-state index in [1.54, 1.807) is 0 Å². The van der Waals surface area contributed by atoms with E-state index in [0.717, 1.165) is 6.61 Å². The highest BCUT2D eigenvalue weighted by atomic mass is 28.3. The minimum absolute atomic E-state index is 0.858. The van der Waals surface area contributed by atoms with Crippen molar-refractivity contribution in [1.29, 1.82) is 0 Å². The summed E-state index contributed by atoms with van der Waals surface area (Å²) < 4.78 is 5.74. The van der Waals surface area contributed by atoms with Crippen molar-refractivity contribution in [3.8, 4) is 0 Å². The minimum Gasteiger partial charge on any atom is -0.416 e. The van der Waals surface area contributed by atoms with E-state index in [1.165, 1.54) is 44.6 Å². The third-order valence-electron chi connectivity index (χ3n) is 2.54. The van der Waals surface area contributed by atoms with Gasteiger partial charge < -0.3 is 4.43 Å². The van der Waals surface area contributed by atoms with E-state index in [1.807, 2.05) is 0 Å². The van der Waals surface area contributed by atoms with E-state index >= 15 is 0 Å². The van der Waals surface area contributed by atoms with E-state index in [0.29, 0.717) is 0 Å². The number of hydrogen-bond acceptors (Lipinski definition) is 1. The molecule has 13 heavy (non-hydrogen) atoms. The Hall–Kier alpha value is -0.0831. The van der Waals surface area contributed by atoms with Gasteiger partial charge in [0.2, 0.25) is 9.04 Å². The molecule has 2 heteroatoms. The first-order chi connectivity index (χ1) is 6.43. The molecule has 0 bridgehead atoms. The maximum absolute atomic E-state index is 5.74. The Morgan fingerprint density at radius 2 is 2.23 bits per heavy atom. The summed E-state index contributed by atoms with van der Waals surface area (Å²) in [6.07, 6.45) is 10.4. The summed E-state index contributed by atoms with van der Waals surface area (Å²) in [5.74, 6) is 0. The number of unbranched alkanes of at least 4 members (excludes halogenated alkanes) is 3. The Morgan fingerprint density at radius 3 is 2.92 bits per heavy atom. The smallest absolute Gasteiger partial charge is 0.200 e. The molecule has 0 aromatic rings. The van der Waals surface area contributed by atoms with Gasteiger partial charge in [-0.25, -0.2) is 0 Å². The van der Waals surface area contributed by atoms with Gasteiger partial charge in [0.05, 0.1) is 0 Å². The van der Waals surface area contributed by atoms with Gasteiger partial charge in [-0.2, -0.15) is 0 Å². The molecule has 0 aromatic heterocycles. The number of allylic oxidation sites excluding steroid dienone is 1. The molecule has 76 valence electrons. The van der Waals surface area contributed by atoms with Gasteiger partial charge in [-0.1, -0.05) is 38.0 Å². The van der Waals surface area contributed by atoms with Crippen LogP contribution in [0, 0.1) is 0 Å². The Bertz CT molecular complexity index is 139. The molecule has 0 amide bonds. The molecule has 1 saturated heterocycles. The van der Waals surface area contributed by atoms with Crippen LogP contribution in [0.2, 0.25) is 6.04 Å². The average molecular weight is 198 g/mol. The summed E-state index contributed by atoms with van der Waals surface area (Å²) >= 11 is 0. The van der Waals surface area contributed by atoms with Crippen LogP contribution in [0.25, 0.3) is 0 Å². The van der Waals surface area contributed by atoms with Gasteiger partial charge in [0, 0.05) is 6.61 Å². The fourth-order valence-electron chi connectivity index (χ4n) is 1.68. The van der Waals surface area contributed by atoms with E-state index in [9.17, 15) is 0 Å². The van der Waals surface area contributed by atoms with E-state index in [4.69, 9.17) is 4.43 Å². The summed E-state index contributed by atoms with van der Waals surface area (Å²) in [6, 6.07) is 1.37. The van der Waals surface area contributed by atoms with Crippen molar-refractivity contribution in [2.24, 2.45) is 0 Å². The van der Waals surface area contributed by atoms with E-state index < -0.39 is 9.04 Å². The SMILES string of the molecule is CCCCCC=C[SiH]1CCCCO1. The molecule has 0 aromatic carbocycles. The van der Waals surface area contributed by atoms with Gasteiger partial charge in [-0.15, -0.1) is 0 Å².